The lowest BCUT2D eigenvalue weighted by Crippen LogP contribution is -2.38. The molecule has 1 amide bonds. The number of anilines is 1. The van der Waals surface area contributed by atoms with Crippen molar-refractivity contribution < 1.29 is 13.6 Å². The van der Waals surface area contributed by atoms with E-state index in [0.717, 1.165) is 43.9 Å². The molecule has 104 valence electrons. The second kappa shape index (κ2) is 6.10. The summed E-state index contributed by atoms with van der Waals surface area (Å²) in [5.41, 5.74) is 5.85. The van der Waals surface area contributed by atoms with Crippen molar-refractivity contribution in [1.82, 2.24) is 0 Å². The Morgan fingerprint density at radius 3 is 2.74 bits per heavy atom. The number of nitrogens with one attached hydrogen (secondary N) is 1. The first-order chi connectivity index (χ1) is 9.08. The van der Waals surface area contributed by atoms with Crippen molar-refractivity contribution in [3.63, 3.8) is 0 Å². The topological polar surface area (TPSA) is 55.1 Å². The monoisotopic (exact) mass is 268 g/mol. The van der Waals surface area contributed by atoms with Crippen LogP contribution in [0.2, 0.25) is 0 Å². The van der Waals surface area contributed by atoms with Crippen LogP contribution in [0.5, 0.6) is 0 Å². The molecule has 0 bridgehead atoms. The molecule has 19 heavy (non-hydrogen) atoms. The fourth-order valence-electron chi connectivity index (χ4n) is 2.48. The molecule has 0 spiro atoms. The predicted molar refractivity (Wildman–Crippen MR) is 69.5 cm³/mol. The second-order valence-electron chi connectivity index (χ2n) is 5.02. The van der Waals surface area contributed by atoms with Gasteiger partial charge in [-0.25, -0.2) is 8.78 Å². The summed E-state index contributed by atoms with van der Waals surface area (Å²) in [4.78, 5) is 12.1. The van der Waals surface area contributed by atoms with Crippen LogP contribution in [0.25, 0.3) is 0 Å². The van der Waals surface area contributed by atoms with Gasteiger partial charge in [0.05, 0.1) is 11.6 Å². The molecule has 0 radical (unpaired) electrons. The Morgan fingerprint density at radius 1 is 1.21 bits per heavy atom. The van der Waals surface area contributed by atoms with Crippen molar-refractivity contribution in [2.75, 3.05) is 5.32 Å². The lowest BCUT2D eigenvalue weighted by atomic mass is 9.94. The molecule has 5 heteroatoms. The highest BCUT2D eigenvalue weighted by molar-refractivity contribution is 5.93. The first-order valence-corrected chi connectivity index (χ1v) is 6.59. The average Bonchev–Trinajstić information content (AvgIpc) is 2.58. The summed E-state index contributed by atoms with van der Waals surface area (Å²) < 4.78 is 26.5. The zero-order valence-electron chi connectivity index (χ0n) is 10.7. The van der Waals surface area contributed by atoms with E-state index in [1.807, 2.05) is 0 Å². The molecule has 2 rings (SSSR count). The van der Waals surface area contributed by atoms with E-state index < -0.39 is 11.6 Å². The van der Waals surface area contributed by atoms with Gasteiger partial charge in [-0.05, 0) is 25.0 Å². The minimum Gasteiger partial charge on any atom is -0.327 e. The molecule has 3 nitrogen and oxygen atoms in total. The molecule has 0 heterocycles. The molecule has 0 aliphatic heterocycles. The Labute approximate surface area is 111 Å². The van der Waals surface area contributed by atoms with Crippen LogP contribution in [0.1, 0.15) is 32.1 Å². The summed E-state index contributed by atoms with van der Waals surface area (Å²) in [7, 11) is 0. The molecule has 1 aliphatic rings. The normalized spacial score (nSPS) is 23.7. The van der Waals surface area contributed by atoms with Gasteiger partial charge in [-0.15, -0.1) is 0 Å². The molecular formula is C14H18F2N2O. The minimum absolute atomic E-state index is 0.124. The maximum absolute atomic E-state index is 13.5. The standard InChI is InChI=1S/C14H18F2N2O/c15-9-6-7-11(16)13(8-9)18-14(19)10-4-2-1-3-5-12(10)17/h6-8,10,12H,1-5,17H2,(H,18,19). The minimum atomic E-state index is -0.642. The van der Waals surface area contributed by atoms with E-state index in [9.17, 15) is 13.6 Å². The van der Waals surface area contributed by atoms with Crippen LogP contribution in [0.3, 0.4) is 0 Å². The van der Waals surface area contributed by atoms with Gasteiger partial charge in [0.2, 0.25) is 5.91 Å². The number of halogens is 2. The fourth-order valence-corrected chi connectivity index (χ4v) is 2.48. The van der Waals surface area contributed by atoms with E-state index in [2.05, 4.69) is 5.32 Å². The second-order valence-corrected chi connectivity index (χ2v) is 5.02. The molecule has 0 saturated heterocycles. The number of benzene rings is 1. The van der Waals surface area contributed by atoms with E-state index in [-0.39, 0.29) is 23.6 Å². The smallest absolute Gasteiger partial charge is 0.229 e. The van der Waals surface area contributed by atoms with E-state index in [1.165, 1.54) is 0 Å². The van der Waals surface area contributed by atoms with E-state index >= 15 is 0 Å². The number of amides is 1. The lowest BCUT2D eigenvalue weighted by Gasteiger charge is -2.20. The van der Waals surface area contributed by atoms with Crippen molar-refractivity contribution in [3.8, 4) is 0 Å². The van der Waals surface area contributed by atoms with Crippen molar-refractivity contribution >= 4 is 11.6 Å². The van der Waals surface area contributed by atoms with E-state index in [4.69, 9.17) is 5.73 Å². The van der Waals surface area contributed by atoms with Crippen molar-refractivity contribution in [2.45, 2.75) is 38.1 Å². The van der Waals surface area contributed by atoms with Gasteiger partial charge >= 0.3 is 0 Å². The number of rotatable bonds is 2. The van der Waals surface area contributed by atoms with Gasteiger partial charge in [0.25, 0.3) is 0 Å². The van der Waals surface area contributed by atoms with Gasteiger partial charge in [-0.1, -0.05) is 19.3 Å². The van der Waals surface area contributed by atoms with Crippen LogP contribution in [0.4, 0.5) is 14.5 Å². The molecule has 1 aliphatic carbocycles. The third-order valence-corrected chi connectivity index (χ3v) is 3.59. The van der Waals surface area contributed by atoms with Crippen molar-refractivity contribution in [2.24, 2.45) is 11.7 Å². The Morgan fingerprint density at radius 2 is 1.95 bits per heavy atom. The SMILES string of the molecule is NC1CCCCCC1C(=O)Nc1cc(F)ccc1F. The molecule has 0 aromatic heterocycles. The predicted octanol–water partition coefficient (Wildman–Crippen LogP) is 2.81. The third-order valence-electron chi connectivity index (χ3n) is 3.59. The molecule has 2 unspecified atom stereocenters. The third kappa shape index (κ3) is 3.50. The molecule has 1 saturated carbocycles. The van der Waals surface area contributed by atoms with Gasteiger partial charge in [-0.2, -0.15) is 0 Å². The van der Waals surface area contributed by atoms with Gasteiger partial charge in [0.1, 0.15) is 11.6 Å². The summed E-state index contributed by atoms with van der Waals surface area (Å²) in [6, 6.07) is 2.79. The zero-order chi connectivity index (χ0) is 13.8. The zero-order valence-corrected chi connectivity index (χ0v) is 10.7. The van der Waals surface area contributed by atoms with Gasteiger partial charge in [0.15, 0.2) is 0 Å². The summed E-state index contributed by atoms with van der Waals surface area (Å²) in [5, 5.41) is 2.44. The first kappa shape index (κ1) is 13.9. The van der Waals surface area contributed by atoms with Crippen LogP contribution in [0.15, 0.2) is 18.2 Å². The Kier molecular flexibility index (Phi) is 4.47. The highest BCUT2D eigenvalue weighted by Crippen LogP contribution is 2.24. The summed E-state index contributed by atoms with van der Waals surface area (Å²) in [6.07, 6.45) is 4.51. The maximum atomic E-state index is 13.5. The Balaban J connectivity index is 2.09. The lowest BCUT2D eigenvalue weighted by molar-refractivity contribution is -0.120. The summed E-state index contributed by atoms with van der Waals surface area (Å²) >= 11 is 0. The number of hydrogen-bond donors (Lipinski definition) is 2. The van der Waals surface area contributed by atoms with Crippen LogP contribution >= 0.6 is 0 Å². The Bertz CT molecular complexity index is 465. The van der Waals surface area contributed by atoms with E-state index in [1.54, 1.807) is 0 Å². The summed E-state index contributed by atoms with van der Waals surface area (Å²) in [6.45, 7) is 0. The van der Waals surface area contributed by atoms with Gasteiger partial charge in [-0.3, -0.25) is 4.79 Å². The largest absolute Gasteiger partial charge is 0.327 e. The average molecular weight is 268 g/mol. The highest BCUT2D eigenvalue weighted by Gasteiger charge is 2.27. The van der Waals surface area contributed by atoms with Crippen LogP contribution in [-0.2, 0) is 4.79 Å². The number of carbonyl (C=O) groups is 1. The van der Waals surface area contributed by atoms with Crippen LogP contribution in [-0.4, -0.2) is 11.9 Å². The number of carbonyl (C=O) groups excluding carboxylic acids is 1. The first-order valence-electron chi connectivity index (χ1n) is 6.59. The number of hydrogen-bond acceptors (Lipinski definition) is 2. The molecule has 1 fully saturated rings. The highest BCUT2D eigenvalue weighted by atomic mass is 19.1. The molecule has 1 aromatic rings. The quantitative estimate of drug-likeness (QED) is 0.810. The van der Waals surface area contributed by atoms with Crippen molar-refractivity contribution in [3.05, 3.63) is 29.8 Å². The van der Waals surface area contributed by atoms with Gasteiger partial charge in [0, 0.05) is 12.1 Å². The van der Waals surface area contributed by atoms with Crippen LogP contribution in [0, 0.1) is 17.6 Å². The molecule has 1 aromatic carbocycles. The molecule has 2 atom stereocenters. The Hall–Kier alpha value is -1.49. The summed E-state index contributed by atoms with van der Waals surface area (Å²) in [5.74, 6) is -1.87. The molecular weight excluding hydrogens is 250 g/mol. The van der Waals surface area contributed by atoms with Gasteiger partial charge < -0.3 is 11.1 Å². The maximum Gasteiger partial charge on any atom is 0.229 e. The van der Waals surface area contributed by atoms with Crippen LogP contribution < -0.4 is 11.1 Å². The van der Waals surface area contributed by atoms with E-state index in [0.29, 0.717) is 6.42 Å². The number of nitrogens with two attached hydrogens (primary N) is 1. The molecule has 3 N–H and O–H groups in total. The fraction of sp³-hybridized carbons (Fsp3) is 0.500. The van der Waals surface area contributed by atoms with Crippen molar-refractivity contribution in [1.29, 1.82) is 0 Å².